The van der Waals surface area contributed by atoms with E-state index in [0.29, 0.717) is 19.4 Å². The summed E-state index contributed by atoms with van der Waals surface area (Å²) in [5.41, 5.74) is 1.12. The molecule has 1 fully saturated rings. The van der Waals surface area contributed by atoms with Gasteiger partial charge in [-0.2, -0.15) is 5.10 Å². The minimum Gasteiger partial charge on any atom is -0.481 e. The summed E-state index contributed by atoms with van der Waals surface area (Å²) in [6.07, 6.45) is 2.50. The van der Waals surface area contributed by atoms with Crippen molar-refractivity contribution in [2.75, 3.05) is 0 Å². The third kappa shape index (κ3) is 3.25. The number of carbonyl (C=O) groups excluding carboxylic acids is 1. The van der Waals surface area contributed by atoms with Gasteiger partial charge in [-0.15, -0.1) is 0 Å². The second kappa shape index (κ2) is 5.87. The molecule has 1 aromatic heterocycles. The van der Waals surface area contributed by atoms with Crippen molar-refractivity contribution in [1.82, 2.24) is 15.1 Å². The Morgan fingerprint density at radius 3 is 2.81 bits per heavy atom. The number of amides is 1. The molecule has 1 saturated carbocycles. The molecular formula is C15H23N3O3. The lowest BCUT2D eigenvalue weighted by atomic mass is 9.85. The molecule has 2 N–H and O–H groups in total. The Morgan fingerprint density at radius 1 is 1.52 bits per heavy atom. The van der Waals surface area contributed by atoms with Crippen molar-refractivity contribution in [3.63, 3.8) is 0 Å². The molecule has 2 atom stereocenters. The minimum atomic E-state index is -0.839. The molecule has 1 aliphatic carbocycles. The van der Waals surface area contributed by atoms with E-state index in [1.54, 1.807) is 11.6 Å². The number of hydrogen-bond acceptors (Lipinski definition) is 3. The summed E-state index contributed by atoms with van der Waals surface area (Å²) in [4.78, 5) is 23.4. The third-order valence-electron chi connectivity index (χ3n) is 4.44. The lowest BCUT2D eigenvalue weighted by Crippen LogP contribution is -2.47. The van der Waals surface area contributed by atoms with Crippen LogP contribution < -0.4 is 5.32 Å². The molecule has 1 aromatic rings. The average Bonchev–Trinajstić information content (AvgIpc) is 2.91. The van der Waals surface area contributed by atoms with Crippen LogP contribution in [0.3, 0.4) is 0 Å². The number of hydrogen-bond donors (Lipinski definition) is 2. The molecular weight excluding hydrogens is 270 g/mol. The van der Waals surface area contributed by atoms with Gasteiger partial charge in [0.05, 0.1) is 11.1 Å². The first-order chi connectivity index (χ1) is 9.83. The van der Waals surface area contributed by atoms with E-state index in [-0.39, 0.29) is 11.9 Å². The fourth-order valence-electron chi connectivity index (χ4n) is 3.03. The van der Waals surface area contributed by atoms with Crippen LogP contribution in [0.15, 0.2) is 6.07 Å². The van der Waals surface area contributed by atoms with Crippen molar-refractivity contribution in [3.05, 3.63) is 17.5 Å². The number of aliphatic carboxylic acids is 1. The van der Waals surface area contributed by atoms with Gasteiger partial charge in [0, 0.05) is 24.7 Å². The predicted molar refractivity (Wildman–Crippen MR) is 77.8 cm³/mol. The van der Waals surface area contributed by atoms with Gasteiger partial charge in [-0.1, -0.05) is 6.42 Å². The highest BCUT2D eigenvalue weighted by Crippen LogP contribution is 2.38. The lowest BCUT2D eigenvalue weighted by Gasteiger charge is -2.27. The van der Waals surface area contributed by atoms with E-state index in [1.807, 2.05) is 19.9 Å². The van der Waals surface area contributed by atoms with Crippen molar-refractivity contribution < 1.29 is 14.7 Å². The molecule has 21 heavy (non-hydrogen) atoms. The first-order valence-electron chi connectivity index (χ1n) is 7.37. The van der Waals surface area contributed by atoms with Crippen LogP contribution in [0.25, 0.3) is 0 Å². The van der Waals surface area contributed by atoms with Gasteiger partial charge in [0.25, 0.3) is 0 Å². The molecule has 0 bridgehead atoms. The molecule has 6 nitrogen and oxygen atoms in total. The van der Waals surface area contributed by atoms with Crippen LogP contribution in [0.1, 0.15) is 44.0 Å². The van der Waals surface area contributed by atoms with Crippen molar-refractivity contribution in [3.8, 4) is 0 Å². The van der Waals surface area contributed by atoms with Gasteiger partial charge in [0.1, 0.15) is 0 Å². The quantitative estimate of drug-likeness (QED) is 0.864. The number of rotatable bonds is 5. The fourth-order valence-corrected chi connectivity index (χ4v) is 3.03. The summed E-state index contributed by atoms with van der Waals surface area (Å²) in [7, 11) is 0. The maximum absolute atomic E-state index is 12.1. The van der Waals surface area contributed by atoms with E-state index >= 15 is 0 Å². The molecule has 1 amide bonds. The van der Waals surface area contributed by atoms with Crippen molar-refractivity contribution in [1.29, 1.82) is 0 Å². The Kier molecular flexibility index (Phi) is 4.34. The van der Waals surface area contributed by atoms with E-state index < -0.39 is 11.4 Å². The molecule has 0 aromatic carbocycles. The number of carbonyl (C=O) groups is 2. The Balaban J connectivity index is 1.90. The highest BCUT2D eigenvalue weighted by atomic mass is 16.4. The summed E-state index contributed by atoms with van der Waals surface area (Å²) >= 11 is 0. The molecule has 0 radical (unpaired) electrons. The first kappa shape index (κ1) is 15.5. The van der Waals surface area contributed by atoms with Crippen LogP contribution in [0, 0.1) is 19.3 Å². The van der Waals surface area contributed by atoms with Gasteiger partial charge in [-0.25, -0.2) is 0 Å². The fraction of sp³-hybridized carbons (Fsp3) is 0.667. The van der Waals surface area contributed by atoms with E-state index in [4.69, 9.17) is 0 Å². The highest BCUT2D eigenvalue weighted by Gasteiger charge is 2.45. The maximum Gasteiger partial charge on any atom is 0.311 e. The van der Waals surface area contributed by atoms with Crippen LogP contribution in [-0.2, 0) is 16.1 Å². The Morgan fingerprint density at radius 2 is 2.24 bits per heavy atom. The maximum atomic E-state index is 12.1. The first-order valence-corrected chi connectivity index (χ1v) is 7.37. The molecule has 0 spiro atoms. The number of nitrogens with one attached hydrogen (secondary N) is 1. The zero-order chi connectivity index (χ0) is 15.6. The van der Waals surface area contributed by atoms with Crippen LogP contribution in [0.5, 0.6) is 0 Å². The van der Waals surface area contributed by atoms with E-state index in [1.165, 1.54) is 0 Å². The molecule has 1 heterocycles. The molecule has 0 saturated heterocycles. The van der Waals surface area contributed by atoms with Crippen molar-refractivity contribution in [2.45, 2.75) is 59.0 Å². The zero-order valence-electron chi connectivity index (χ0n) is 12.8. The third-order valence-corrected chi connectivity index (χ3v) is 4.44. The van der Waals surface area contributed by atoms with Crippen LogP contribution in [0.2, 0.25) is 0 Å². The molecule has 116 valence electrons. The van der Waals surface area contributed by atoms with Crippen LogP contribution in [0.4, 0.5) is 0 Å². The monoisotopic (exact) mass is 293 g/mol. The predicted octanol–water partition coefficient (Wildman–Crippen LogP) is 1.65. The second-order valence-electron chi connectivity index (χ2n) is 6.14. The van der Waals surface area contributed by atoms with Gasteiger partial charge >= 0.3 is 5.97 Å². The Bertz CT molecular complexity index is 552. The van der Waals surface area contributed by atoms with Gasteiger partial charge in [0.15, 0.2) is 0 Å². The normalized spacial score (nSPS) is 25.0. The summed E-state index contributed by atoms with van der Waals surface area (Å²) in [6.45, 7) is 6.10. The second-order valence-corrected chi connectivity index (χ2v) is 6.14. The topological polar surface area (TPSA) is 84.2 Å². The van der Waals surface area contributed by atoms with E-state index in [2.05, 4.69) is 10.4 Å². The van der Waals surface area contributed by atoms with Crippen LogP contribution in [-0.4, -0.2) is 32.8 Å². The SMILES string of the molecule is Cc1cc(C)n(CCC(=O)NC2CCCC2(C)C(=O)O)n1. The molecule has 2 rings (SSSR count). The Labute approximate surface area is 124 Å². The van der Waals surface area contributed by atoms with E-state index in [0.717, 1.165) is 24.2 Å². The van der Waals surface area contributed by atoms with E-state index in [9.17, 15) is 14.7 Å². The number of carboxylic acid groups (broad SMARTS) is 1. The molecule has 2 unspecified atom stereocenters. The van der Waals surface area contributed by atoms with Crippen molar-refractivity contribution >= 4 is 11.9 Å². The summed E-state index contributed by atoms with van der Waals surface area (Å²) in [6, 6.07) is 1.69. The van der Waals surface area contributed by atoms with Gasteiger partial charge in [-0.05, 0) is 39.7 Å². The number of carboxylic acids is 1. The summed E-state index contributed by atoms with van der Waals surface area (Å²) in [5, 5.41) is 16.5. The Hall–Kier alpha value is -1.85. The zero-order valence-corrected chi connectivity index (χ0v) is 12.8. The smallest absolute Gasteiger partial charge is 0.311 e. The number of aryl methyl sites for hydroxylation is 3. The standard InChI is InChI=1S/C15H23N3O3/c1-10-9-11(2)18(17-10)8-6-13(19)16-12-5-4-7-15(12,3)14(20)21/h9,12H,4-8H2,1-3H3,(H,16,19)(H,20,21). The summed E-state index contributed by atoms with van der Waals surface area (Å²) < 4.78 is 1.81. The number of nitrogens with zero attached hydrogens (tertiary/aromatic N) is 2. The van der Waals surface area contributed by atoms with Crippen molar-refractivity contribution in [2.24, 2.45) is 5.41 Å². The van der Waals surface area contributed by atoms with Gasteiger partial charge in [-0.3, -0.25) is 14.3 Å². The molecule has 0 aliphatic heterocycles. The molecule has 1 aliphatic rings. The summed E-state index contributed by atoms with van der Waals surface area (Å²) in [5.74, 6) is -0.939. The highest BCUT2D eigenvalue weighted by molar-refractivity contribution is 5.80. The lowest BCUT2D eigenvalue weighted by molar-refractivity contribution is -0.149. The molecule has 6 heteroatoms. The van der Waals surface area contributed by atoms with Gasteiger partial charge in [0.2, 0.25) is 5.91 Å². The largest absolute Gasteiger partial charge is 0.481 e. The van der Waals surface area contributed by atoms with Gasteiger partial charge < -0.3 is 10.4 Å². The average molecular weight is 293 g/mol. The van der Waals surface area contributed by atoms with Crippen LogP contribution >= 0.6 is 0 Å². The number of aromatic nitrogens is 2. The minimum absolute atomic E-state index is 0.109.